The number of nitrogens with one attached hydrogen (secondary N) is 1. The Hall–Kier alpha value is -1.24. The van der Waals surface area contributed by atoms with Gasteiger partial charge in [0.15, 0.2) is 11.4 Å². The van der Waals surface area contributed by atoms with E-state index in [0.29, 0.717) is 30.0 Å². The second kappa shape index (κ2) is 7.41. The first-order valence-electron chi connectivity index (χ1n) is 8.39. The second-order valence-electron chi connectivity index (χ2n) is 6.37. The lowest BCUT2D eigenvalue weighted by atomic mass is 9.94. The number of carbonyl (C=O) groups excluding carboxylic acids is 2. The van der Waals surface area contributed by atoms with E-state index in [1.807, 2.05) is 6.92 Å². The van der Waals surface area contributed by atoms with Crippen LogP contribution in [0.1, 0.15) is 43.7 Å². The molecule has 26 heavy (non-hydrogen) atoms. The zero-order valence-corrected chi connectivity index (χ0v) is 17.5. The highest BCUT2D eigenvalue weighted by atomic mass is 79.9. The van der Waals surface area contributed by atoms with E-state index >= 15 is 0 Å². The van der Waals surface area contributed by atoms with Crippen LogP contribution in [0, 0.1) is 6.92 Å². The summed E-state index contributed by atoms with van der Waals surface area (Å²) in [6.45, 7) is 3.99. The Kier molecular flexibility index (Phi) is 5.56. The van der Waals surface area contributed by atoms with Gasteiger partial charge in [0.25, 0.3) is 0 Å². The normalized spacial score (nSPS) is 18.4. The Bertz CT molecular complexity index is 816. The molecule has 1 heterocycles. The molecule has 1 saturated carbocycles. The van der Waals surface area contributed by atoms with Crippen LogP contribution in [-0.4, -0.2) is 24.2 Å². The van der Waals surface area contributed by atoms with E-state index in [1.54, 1.807) is 13.0 Å². The van der Waals surface area contributed by atoms with E-state index in [0.717, 1.165) is 22.9 Å². The first-order chi connectivity index (χ1) is 12.3. The van der Waals surface area contributed by atoms with E-state index in [-0.39, 0.29) is 16.4 Å². The van der Waals surface area contributed by atoms with Gasteiger partial charge in [0, 0.05) is 16.6 Å². The molecule has 0 atom stereocenters. The van der Waals surface area contributed by atoms with Crippen molar-refractivity contribution < 1.29 is 19.1 Å². The summed E-state index contributed by atoms with van der Waals surface area (Å²) in [6, 6.07) is 1.67. The van der Waals surface area contributed by atoms with Crippen molar-refractivity contribution in [3.63, 3.8) is 0 Å². The molecule has 2 aliphatic rings. The highest BCUT2D eigenvalue weighted by Crippen LogP contribution is 2.51. The predicted octanol–water partition coefficient (Wildman–Crippen LogP) is 5.39. The second-order valence-corrected chi connectivity index (χ2v) is 8.01. The Morgan fingerprint density at radius 3 is 2.65 bits per heavy atom. The summed E-state index contributed by atoms with van der Waals surface area (Å²) in [5.74, 6) is -0.367. The van der Waals surface area contributed by atoms with Gasteiger partial charge in [-0.05, 0) is 51.2 Å². The summed E-state index contributed by atoms with van der Waals surface area (Å²) in [6.07, 6.45) is 2.32. The number of alkyl carbamates (subject to hydrolysis) is 1. The van der Waals surface area contributed by atoms with Gasteiger partial charge in [0.05, 0.1) is 10.0 Å². The summed E-state index contributed by atoms with van der Waals surface area (Å²) in [4.78, 5) is 24.9. The standard InChI is InChI=1S/C18H18BrCl2NO4/c1-3-22-17(24)25-15-13(16(23)26-18(15)6-4-5-7-18)12-11(20)8-10(19)9(2)14(12)21/h8H,3-7H2,1-2H3,(H,22,24). The highest BCUT2D eigenvalue weighted by molar-refractivity contribution is 9.10. The van der Waals surface area contributed by atoms with E-state index in [2.05, 4.69) is 21.2 Å². The summed E-state index contributed by atoms with van der Waals surface area (Å²) in [7, 11) is 0. The lowest BCUT2D eigenvalue weighted by Gasteiger charge is -2.24. The van der Waals surface area contributed by atoms with Crippen LogP contribution in [0.3, 0.4) is 0 Å². The zero-order chi connectivity index (χ0) is 19.1. The molecular formula is C18H18BrCl2NO4. The quantitative estimate of drug-likeness (QED) is 0.611. The molecule has 0 saturated heterocycles. The van der Waals surface area contributed by atoms with Gasteiger partial charge in [0.2, 0.25) is 0 Å². The van der Waals surface area contributed by atoms with Crippen molar-refractivity contribution in [2.24, 2.45) is 0 Å². The number of esters is 1. The van der Waals surface area contributed by atoms with Crippen LogP contribution in [0.4, 0.5) is 4.79 Å². The molecule has 3 rings (SSSR count). The number of hydrogen-bond donors (Lipinski definition) is 1. The molecular weight excluding hydrogens is 445 g/mol. The molecule has 1 spiro atoms. The molecule has 0 aromatic heterocycles. The predicted molar refractivity (Wildman–Crippen MR) is 103 cm³/mol. The lowest BCUT2D eigenvalue weighted by molar-refractivity contribution is -0.146. The Labute approximate surface area is 170 Å². The molecule has 1 N–H and O–H groups in total. The van der Waals surface area contributed by atoms with Crippen LogP contribution in [0.5, 0.6) is 0 Å². The fraction of sp³-hybridized carbons (Fsp3) is 0.444. The highest BCUT2D eigenvalue weighted by Gasteiger charge is 2.53. The van der Waals surface area contributed by atoms with Gasteiger partial charge in [-0.1, -0.05) is 39.1 Å². The largest absolute Gasteiger partial charge is 0.447 e. The fourth-order valence-corrected chi connectivity index (χ4v) is 4.74. The Morgan fingerprint density at radius 1 is 1.38 bits per heavy atom. The van der Waals surface area contributed by atoms with Crippen LogP contribution < -0.4 is 5.32 Å². The average Bonchev–Trinajstić information content (AvgIpc) is 3.13. The molecule has 1 fully saturated rings. The molecule has 5 nitrogen and oxygen atoms in total. The maximum absolute atomic E-state index is 12.8. The first-order valence-corrected chi connectivity index (χ1v) is 9.94. The third-order valence-corrected chi connectivity index (χ3v) is 6.30. The van der Waals surface area contributed by atoms with Crippen molar-refractivity contribution in [3.05, 3.63) is 37.5 Å². The lowest BCUT2D eigenvalue weighted by Crippen LogP contribution is -2.33. The van der Waals surface area contributed by atoms with Crippen LogP contribution in [0.15, 0.2) is 16.3 Å². The average molecular weight is 463 g/mol. The third kappa shape index (κ3) is 3.23. The molecule has 1 amide bonds. The molecule has 140 valence electrons. The summed E-state index contributed by atoms with van der Waals surface area (Å²) >= 11 is 16.3. The van der Waals surface area contributed by atoms with Crippen molar-refractivity contribution >= 4 is 56.8 Å². The molecule has 0 unspecified atom stereocenters. The van der Waals surface area contributed by atoms with Crippen LogP contribution in [0.2, 0.25) is 10.0 Å². The maximum atomic E-state index is 12.8. The smallest absolute Gasteiger partial charge is 0.412 e. The molecule has 1 aliphatic heterocycles. The molecule has 1 aromatic carbocycles. The fourth-order valence-electron chi connectivity index (χ4n) is 3.42. The van der Waals surface area contributed by atoms with Crippen molar-refractivity contribution in [2.45, 2.75) is 45.1 Å². The van der Waals surface area contributed by atoms with Gasteiger partial charge in [-0.3, -0.25) is 0 Å². The monoisotopic (exact) mass is 461 g/mol. The zero-order valence-electron chi connectivity index (χ0n) is 14.4. The number of rotatable bonds is 3. The van der Waals surface area contributed by atoms with Crippen molar-refractivity contribution in [1.29, 1.82) is 0 Å². The van der Waals surface area contributed by atoms with Gasteiger partial charge < -0.3 is 14.8 Å². The van der Waals surface area contributed by atoms with Crippen molar-refractivity contribution in [3.8, 4) is 0 Å². The summed E-state index contributed by atoms with van der Waals surface area (Å²) in [5.41, 5.74) is 0.271. The number of halogens is 3. The van der Waals surface area contributed by atoms with E-state index in [4.69, 9.17) is 32.7 Å². The molecule has 1 aliphatic carbocycles. The number of hydrogen-bond acceptors (Lipinski definition) is 4. The van der Waals surface area contributed by atoms with Crippen molar-refractivity contribution in [1.82, 2.24) is 5.32 Å². The summed E-state index contributed by atoms with van der Waals surface area (Å²) in [5, 5.41) is 3.19. The molecule has 1 aromatic rings. The number of benzene rings is 1. The van der Waals surface area contributed by atoms with E-state index < -0.39 is 17.7 Å². The maximum Gasteiger partial charge on any atom is 0.412 e. The Morgan fingerprint density at radius 2 is 2.04 bits per heavy atom. The van der Waals surface area contributed by atoms with Crippen LogP contribution in [-0.2, 0) is 14.3 Å². The van der Waals surface area contributed by atoms with Gasteiger partial charge in [-0.15, -0.1) is 0 Å². The summed E-state index contributed by atoms with van der Waals surface area (Å²) < 4.78 is 12.0. The van der Waals surface area contributed by atoms with Gasteiger partial charge in [0.1, 0.15) is 5.57 Å². The molecule has 0 bridgehead atoms. The number of carbonyl (C=O) groups is 2. The number of ether oxygens (including phenoxy) is 2. The number of amides is 1. The Balaban J connectivity index is 2.21. The minimum Gasteiger partial charge on any atom is -0.447 e. The first kappa shape index (κ1) is 19.5. The third-order valence-electron chi connectivity index (χ3n) is 4.71. The van der Waals surface area contributed by atoms with Crippen molar-refractivity contribution in [2.75, 3.05) is 6.54 Å². The van der Waals surface area contributed by atoms with E-state index in [9.17, 15) is 9.59 Å². The molecule has 8 heteroatoms. The minimum absolute atomic E-state index is 0.128. The minimum atomic E-state index is -0.925. The van der Waals surface area contributed by atoms with Gasteiger partial charge in [-0.25, -0.2) is 9.59 Å². The SMILES string of the molecule is CCNC(=O)OC1=C(c2c(Cl)cc(Br)c(C)c2Cl)C(=O)OC12CCCC2. The van der Waals surface area contributed by atoms with Gasteiger partial charge in [-0.2, -0.15) is 0 Å². The van der Waals surface area contributed by atoms with E-state index in [1.165, 1.54) is 0 Å². The van der Waals surface area contributed by atoms with Crippen LogP contribution in [0.25, 0.3) is 5.57 Å². The molecule has 0 radical (unpaired) electrons. The van der Waals surface area contributed by atoms with Crippen LogP contribution >= 0.6 is 39.1 Å². The topological polar surface area (TPSA) is 64.6 Å². The van der Waals surface area contributed by atoms with Gasteiger partial charge >= 0.3 is 12.1 Å².